The van der Waals surface area contributed by atoms with Crippen LogP contribution >= 0.6 is 0 Å². The third-order valence-electron chi connectivity index (χ3n) is 4.03. The molecule has 0 saturated carbocycles. The second-order valence-corrected chi connectivity index (χ2v) is 5.66. The largest absolute Gasteiger partial charge is 0.372 e. The Balaban J connectivity index is 1.70. The molecule has 2 heterocycles. The van der Waals surface area contributed by atoms with Gasteiger partial charge in [-0.3, -0.25) is 9.78 Å². The lowest BCUT2D eigenvalue weighted by Crippen LogP contribution is -2.43. The molecule has 1 aromatic heterocycles. The van der Waals surface area contributed by atoms with Crippen molar-refractivity contribution in [2.24, 2.45) is 0 Å². The molecule has 1 aromatic carbocycles. The summed E-state index contributed by atoms with van der Waals surface area (Å²) >= 11 is 0. The summed E-state index contributed by atoms with van der Waals surface area (Å²) in [7, 11) is 1.74. The van der Waals surface area contributed by atoms with Crippen molar-refractivity contribution in [1.29, 1.82) is 0 Å². The van der Waals surface area contributed by atoms with Crippen molar-refractivity contribution in [3.8, 4) is 0 Å². The van der Waals surface area contributed by atoms with Gasteiger partial charge in [0.15, 0.2) is 11.6 Å². The highest BCUT2D eigenvalue weighted by atomic mass is 19.2. The predicted molar refractivity (Wildman–Crippen MR) is 86.9 cm³/mol. The fourth-order valence-corrected chi connectivity index (χ4v) is 2.75. The zero-order valence-corrected chi connectivity index (χ0v) is 13.7. The topological polar surface area (TPSA) is 67.4 Å². The van der Waals surface area contributed by atoms with Crippen molar-refractivity contribution >= 4 is 11.7 Å². The third kappa shape index (κ3) is 3.90. The number of rotatable bonds is 4. The fourth-order valence-electron chi connectivity index (χ4n) is 2.75. The van der Waals surface area contributed by atoms with Crippen LogP contribution in [0.15, 0.2) is 30.6 Å². The number of nitrogens with zero attached hydrogens (tertiary/aromatic N) is 3. The number of benzene rings is 1. The van der Waals surface area contributed by atoms with Gasteiger partial charge in [-0.1, -0.05) is 6.07 Å². The summed E-state index contributed by atoms with van der Waals surface area (Å²) in [6.07, 6.45) is 2.76. The van der Waals surface area contributed by atoms with Crippen LogP contribution < -0.4 is 5.32 Å². The highest BCUT2D eigenvalue weighted by Crippen LogP contribution is 2.25. The summed E-state index contributed by atoms with van der Waals surface area (Å²) in [5.41, 5.74) is 1.07. The normalized spacial score (nSPS) is 17.4. The molecule has 1 aliphatic heterocycles. The van der Waals surface area contributed by atoms with Crippen LogP contribution in [-0.2, 0) is 16.0 Å². The minimum Gasteiger partial charge on any atom is -0.372 e. The number of nitrogens with one attached hydrogen (secondary N) is 1. The Labute approximate surface area is 143 Å². The van der Waals surface area contributed by atoms with Crippen molar-refractivity contribution in [3.05, 3.63) is 53.5 Å². The molecule has 8 heteroatoms. The van der Waals surface area contributed by atoms with E-state index in [-0.39, 0.29) is 18.4 Å². The predicted octanol–water partition coefficient (Wildman–Crippen LogP) is 1.94. The molecule has 0 bridgehead atoms. The lowest BCUT2D eigenvalue weighted by Gasteiger charge is -2.33. The molecule has 0 radical (unpaired) electrons. The number of halogens is 2. The maximum Gasteiger partial charge on any atom is 0.227 e. The molecule has 2 aromatic rings. The van der Waals surface area contributed by atoms with Gasteiger partial charge in [0.2, 0.25) is 5.91 Å². The van der Waals surface area contributed by atoms with E-state index < -0.39 is 11.6 Å². The first kappa shape index (κ1) is 17.2. The number of aromatic nitrogens is 2. The average Bonchev–Trinajstić information content (AvgIpc) is 2.64. The number of carbonyl (C=O) groups excluding carboxylic acids is 1. The molecule has 1 saturated heterocycles. The summed E-state index contributed by atoms with van der Waals surface area (Å²) in [5, 5.41) is 2.95. The smallest absolute Gasteiger partial charge is 0.227 e. The molecular formula is C17H18F2N4O2. The van der Waals surface area contributed by atoms with Gasteiger partial charge >= 0.3 is 0 Å². The van der Waals surface area contributed by atoms with Crippen LogP contribution in [0.3, 0.4) is 0 Å². The van der Waals surface area contributed by atoms with Gasteiger partial charge in [-0.2, -0.15) is 0 Å². The Morgan fingerprint density at radius 3 is 2.88 bits per heavy atom. The Kier molecular flexibility index (Phi) is 5.18. The first-order valence-corrected chi connectivity index (χ1v) is 7.90. The summed E-state index contributed by atoms with van der Waals surface area (Å²) < 4.78 is 32.0. The van der Waals surface area contributed by atoms with E-state index in [4.69, 9.17) is 4.74 Å². The van der Waals surface area contributed by atoms with E-state index in [0.29, 0.717) is 36.8 Å². The third-order valence-corrected chi connectivity index (χ3v) is 4.03. The number of ether oxygens (including phenoxy) is 1. The van der Waals surface area contributed by atoms with Crippen molar-refractivity contribution in [1.82, 2.24) is 14.9 Å². The monoisotopic (exact) mass is 348 g/mol. The Bertz CT molecular complexity index is 772. The molecule has 1 atom stereocenters. The summed E-state index contributed by atoms with van der Waals surface area (Å²) in [5.74, 6) is -1.45. The highest BCUT2D eigenvalue weighted by molar-refractivity contribution is 5.79. The Hall–Kier alpha value is -2.61. The minimum absolute atomic E-state index is 0.00325. The van der Waals surface area contributed by atoms with Crippen LogP contribution in [0, 0.1) is 11.6 Å². The van der Waals surface area contributed by atoms with E-state index in [9.17, 15) is 13.6 Å². The van der Waals surface area contributed by atoms with Gasteiger partial charge in [0.05, 0.1) is 19.6 Å². The standard InChI is InChI=1S/C17H18F2N4O2/c1-20-17-16(21-4-5-22-17)14-10-23(6-7-25-14)15(24)9-11-2-3-12(18)13(19)8-11/h2-5,8,14H,6-7,9-10H2,1H3,(H,20,22)/t14-/m0/s1. The van der Waals surface area contributed by atoms with Gasteiger partial charge in [0.1, 0.15) is 17.6 Å². The van der Waals surface area contributed by atoms with E-state index in [2.05, 4.69) is 15.3 Å². The van der Waals surface area contributed by atoms with Crippen LogP contribution in [0.5, 0.6) is 0 Å². The minimum atomic E-state index is -0.955. The van der Waals surface area contributed by atoms with Crippen LogP contribution in [-0.4, -0.2) is 47.5 Å². The second-order valence-electron chi connectivity index (χ2n) is 5.66. The van der Waals surface area contributed by atoms with E-state index in [0.717, 1.165) is 12.1 Å². The lowest BCUT2D eigenvalue weighted by atomic mass is 10.1. The fraction of sp³-hybridized carbons (Fsp3) is 0.353. The zero-order chi connectivity index (χ0) is 17.8. The number of hydrogen-bond acceptors (Lipinski definition) is 5. The molecule has 1 aliphatic rings. The first-order chi connectivity index (χ1) is 12.1. The molecule has 132 valence electrons. The quantitative estimate of drug-likeness (QED) is 0.915. The van der Waals surface area contributed by atoms with Crippen LogP contribution in [0.1, 0.15) is 17.4 Å². The first-order valence-electron chi connectivity index (χ1n) is 7.90. The van der Waals surface area contributed by atoms with Gasteiger partial charge < -0.3 is 15.0 Å². The second kappa shape index (κ2) is 7.52. The van der Waals surface area contributed by atoms with E-state index in [1.165, 1.54) is 6.07 Å². The van der Waals surface area contributed by atoms with Crippen LogP contribution in [0.25, 0.3) is 0 Å². The van der Waals surface area contributed by atoms with Gasteiger partial charge in [-0.25, -0.2) is 13.8 Å². The average molecular weight is 348 g/mol. The van der Waals surface area contributed by atoms with Crippen molar-refractivity contribution < 1.29 is 18.3 Å². The number of morpholine rings is 1. The Morgan fingerprint density at radius 1 is 1.32 bits per heavy atom. The lowest BCUT2D eigenvalue weighted by molar-refractivity contribution is -0.138. The molecule has 3 rings (SSSR count). The summed E-state index contributed by atoms with van der Waals surface area (Å²) in [6, 6.07) is 3.49. The summed E-state index contributed by atoms with van der Waals surface area (Å²) in [4.78, 5) is 22.6. The summed E-state index contributed by atoms with van der Waals surface area (Å²) in [6.45, 7) is 1.14. The zero-order valence-electron chi connectivity index (χ0n) is 13.7. The number of anilines is 1. The van der Waals surface area contributed by atoms with E-state index in [1.807, 2.05) is 0 Å². The van der Waals surface area contributed by atoms with Crippen molar-refractivity contribution in [2.75, 3.05) is 32.1 Å². The van der Waals surface area contributed by atoms with Gasteiger partial charge in [0.25, 0.3) is 0 Å². The van der Waals surface area contributed by atoms with E-state index in [1.54, 1.807) is 24.3 Å². The molecular weight excluding hydrogens is 330 g/mol. The number of carbonyl (C=O) groups is 1. The molecule has 0 spiro atoms. The van der Waals surface area contributed by atoms with Crippen molar-refractivity contribution in [3.63, 3.8) is 0 Å². The van der Waals surface area contributed by atoms with Gasteiger partial charge in [-0.05, 0) is 17.7 Å². The molecule has 0 unspecified atom stereocenters. The SMILES string of the molecule is CNc1nccnc1[C@@H]1CN(C(=O)Cc2ccc(F)c(F)c2)CCO1. The molecule has 25 heavy (non-hydrogen) atoms. The van der Waals surface area contributed by atoms with Gasteiger partial charge in [0, 0.05) is 26.0 Å². The molecule has 6 nitrogen and oxygen atoms in total. The number of hydrogen-bond donors (Lipinski definition) is 1. The number of amides is 1. The van der Waals surface area contributed by atoms with Crippen molar-refractivity contribution in [2.45, 2.75) is 12.5 Å². The molecule has 0 aliphatic carbocycles. The highest BCUT2D eigenvalue weighted by Gasteiger charge is 2.28. The van der Waals surface area contributed by atoms with E-state index >= 15 is 0 Å². The molecule has 1 amide bonds. The maximum atomic E-state index is 13.3. The maximum absolute atomic E-state index is 13.3. The van der Waals surface area contributed by atoms with Crippen LogP contribution in [0.4, 0.5) is 14.6 Å². The molecule has 1 fully saturated rings. The van der Waals surface area contributed by atoms with Crippen LogP contribution in [0.2, 0.25) is 0 Å². The Morgan fingerprint density at radius 2 is 2.12 bits per heavy atom. The molecule has 1 N–H and O–H groups in total. The van der Waals surface area contributed by atoms with Gasteiger partial charge in [-0.15, -0.1) is 0 Å².